The smallest absolute Gasteiger partial charge is 0.138 e. The SMILES string of the molecule is CC(N)C(Oc1cccc(N(C)C)c1)c1ccc(Cl)cc1. The van der Waals surface area contributed by atoms with Gasteiger partial charge in [-0.25, -0.2) is 0 Å². The molecule has 0 aliphatic rings. The fourth-order valence-electron chi connectivity index (χ4n) is 2.11. The summed E-state index contributed by atoms with van der Waals surface area (Å²) in [5.41, 5.74) is 8.19. The van der Waals surface area contributed by atoms with Crippen LogP contribution >= 0.6 is 11.6 Å². The Morgan fingerprint density at radius 2 is 1.76 bits per heavy atom. The molecule has 0 fully saturated rings. The maximum atomic E-state index is 6.10. The van der Waals surface area contributed by atoms with Gasteiger partial charge in [0.25, 0.3) is 0 Å². The zero-order chi connectivity index (χ0) is 15.4. The van der Waals surface area contributed by atoms with E-state index in [9.17, 15) is 0 Å². The van der Waals surface area contributed by atoms with Crippen molar-refractivity contribution < 1.29 is 4.74 Å². The van der Waals surface area contributed by atoms with E-state index >= 15 is 0 Å². The van der Waals surface area contributed by atoms with Crippen molar-refractivity contribution in [3.8, 4) is 5.75 Å². The highest BCUT2D eigenvalue weighted by molar-refractivity contribution is 6.30. The van der Waals surface area contributed by atoms with E-state index in [-0.39, 0.29) is 12.1 Å². The third-order valence-corrected chi connectivity index (χ3v) is 3.53. The first-order valence-corrected chi connectivity index (χ1v) is 7.30. The number of nitrogens with zero attached hydrogens (tertiary/aromatic N) is 1. The Morgan fingerprint density at radius 1 is 1.10 bits per heavy atom. The summed E-state index contributed by atoms with van der Waals surface area (Å²) in [5, 5.41) is 0.705. The van der Waals surface area contributed by atoms with Gasteiger partial charge in [0.15, 0.2) is 0 Å². The van der Waals surface area contributed by atoms with Crippen LogP contribution in [0.25, 0.3) is 0 Å². The van der Waals surface area contributed by atoms with Crippen molar-refractivity contribution in [3.63, 3.8) is 0 Å². The van der Waals surface area contributed by atoms with E-state index in [1.165, 1.54) is 0 Å². The van der Waals surface area contributed by atoms with E-state index in [0.29, 0.717) is 5.02 Å². The summed E-state index contributed by atoms with van der Waals surface area (Å²) in [4.78, 5) is 2.04. The molecule has 2 aromatic carbocycles. The van der Waals surface area contributed by atoms with Gasteiger partial charge in [0.05, 0.1) is 0 Å². The molecule has 112 valence electrons. The molecule has 0 amide bonds. The van der Waals surface area contributed by atoms with E-state index in [2.05, 4.69) is 0 Å². The lowest BCUT2D eigenvalue weighted by Gasteiger charge is -2.24. The molecule has 2 rings (SSSR count). The highest BCUT2D eigenvalue weighted by atomic mass is 35.5. The van der Waals surface area contributed by atoms with Crippen molar-refractivity contribution >= 4 is 17.3 Å². The molecule has 0 spiro atoms. The lowest BCUT2D eigenvalue weighted by Crippen LogP contribution is -2.29. The molecule has 2 N–H and O–H groups in total. The van der Waals surface area contributed by atoms with Gasteiger partial charge < -0.3 is 15.4 Å². The Labute approximate surface area is 131 Å². The monoisotopic (exact) mass is 304 g/mol. The molecule has 0 aromatic heterocycles. The third-order valence-electron chi connectivity index (χ3n) is 3.27. The number of hydrogen-bond donors (Lipinski definition) is 1. The van der Waals surface area contributed by atoms with Crippen molar-refractivity contribution in [2.24, 2.45) is 5.73 Å². The average Bonchev–Trinajstić information content (AvgIpc) is 2.46. The molecule has 0 heterocycles. The number of anilines is 1. The van der Waals surface area contributed by atoms with Gasteiger partial charge in [0.1, 0.15) is 11.9 Å². The first kappa shape index (κ1) is 15.7. The second-order valence-electron chi connectivity index (χ2n) is 5.34. The lowest BCUT2D eigenvalue weighted by molar-refractivity contribution is 0.180. The number of benzene rings is 2. The molecule has 2 aromatic rings. The molecule has 0 saturated heterocycles. The van der Waals surface area contributed by atoms with Crippen LogP contribution in [0.2, 0.25) is 5.02 Å². The van der Waals surface area contributed by atoms with E-state index in [1.807, 2.05) is 74.4 Å². The summed E-state index contributed by atoms with van der Waals surface area (Å²) in [6.07, 6.45) is -0.209. The minimum Gasteiger partial charge on any atom is -0.484 e. The van der Waals surface area contributed by atoms with Crippen LogP contribution in [0.15, 0.2) is 48.5 Å². The maximum absolute atomic E-state index is 6.10. The largest absolute Gasteiger partial charge is 0.484 e. The van der Waals surface area contributed by atoms with Gasteiger partial charge >= 0.3 is 0 Å². The van der Waals surface area contributed by atoms with Gasteiger partial charge in [-0.1, -0.05) is 29.8 Å². The number of nitrogens with two attached hydrogens (primary N) is 1. The summed E-state index contributed by atoms with van der Waals surface area (Å²) >= 11 is 5.93. The number of rotatable bonds is 5. The summed E-state index contributed by atoms with van der Waals surface area (Å²) in [6.45, 7) is 1.94. The summed E-state index contributed by atoms with van der Waals surface area (Å²) in [6, 6.07) is 15.4. The molecule has 0 radical (unpaired) electrons. The second-order valence-corrected chi connectivity index (χ2v) is 5.78. The Balaban J connectivity index is 2.24. The highest BCUT2D eigenvalue weighted by Gasteiger charge is 2.18. The predicted molar refractivity (Wildman–Crippen MR) is 89.2 cm³/mol. The Kier molecular flexibility index (Phi) is 5.10. The van der Waals surface area contributed by atoms with Crippen molar-refractivity contribution in [2.75, 3.05) is 19.0 Å². The fourth-order valence-corrected chi connectivity index (χ4v) is 2.24. The minimum absolute atomic E-state index is 0.130. The molecule has 3 nitrogen and oxygen atoms in total. The summed E-state index contributed by atoms with van der Waals surface area (Å²) < 4.78 is 6.10. The van der Waals surface area contributed by atoms with Gasteiger partial charge in [0.2, 0.25) is 0 Å². The van der Waals surface area contributed by atoms with Crippen LogP contribution in [0.1, 0.15) is 18.6 Å². The van der Waals surface area contributed by atoms with Crippen LogP contribution in [0.3, 0.4) is 0 Å². The maximum Gasteiger partial charge on any atom is 0.138 e. The van der Waals surface area contributed by atoms with E-state index in [0.717, 1.165) is 17.0 Å². The van der Waals surface area contributed by atoms with Crippen LogP contribution in [-0.2, 0) is 0 Å². The average molecular weight is 305 g/mol. The van der Waals surface area contributed by atoms with E-state index in [4.69, 9.17) is 22.1 Å². The van der Waals surface area contributed by atoms with Gasteiger partial charge in [-0.2, -0.15) is 0 Å². The third kappa shape index (κ3) is 4.13. The minimum atomic E-state index is -0.209. The van der Waals surface area contributed by atoms with Crippen LogP contribution < -0.4 is 15.4 Å². The Morgan fingerprint density at radius 3 is 2.33 bits per heavy atom. The van der Waals surface area contributed by atoms with Gasteiger partial charge in [-0.3, -0.25) is 0 Å². The number of halogens is 1. The zero-order valence-electron chi connectivity index (χ0n) is 12.6. The standard InChI is InChI=1S/C17H21ClN2O/c1-12(19)17(13-7-9-14(18)10-8-13)21-16-6-4-5-15(11-16)20(2)3/h4-12,17H,19H2,1-3H3. The van der Waals surface area contributed by atoms with Gasteiger partial charge in [-0.15, -0.1) is 0 Å². The Hall–Kier alpha value is -1.71. The van der Waals surface area contributed by atoms with Gasteiger partial charge in [-0.05, 0) is 36.8 Å². The van der Waals surface area contributed by atoms with Gasteiger partial charge in [0, 0.05) is 36.9 Å². The van der Waals surface area contributed by atoms with Crippen molar-refractivity contribution in [1.82, 2.24) is 0 Å². The molecule has 0 saturated carbocycles. The lowest BCUT2D eigenvalue weighted by atomic mass is 10.0. The fraction of sp³-hybridized carbons (Fsp3) is 0.294. The molecule has 4 heteroatoms. The van der Waals surface area contributed by atoms with Crippen LogP contribution in [0, 0.1) is 0 Å². The number of ether oxygens (including phenoxy) is 1. The molecule has 0 bridgehead atoms. The molecule has 21 heavy (non-hydrogen) atoms. The van der Waals surface area contributed by atoms with Crippen LogP contribution in [-0.4, -0.2) is 20.1 Å². The summed E-state index contributed by atoms with van der Waals surface area (Å²) in [5.74, 6) is 0.804. The normalized spacial score (nSPS) is 13.6. The molecular formula is C17H21ClN2O. The molecular weight excluding hydrogens is 284 g/mol. The molecule has 2 atom stereocenters. The van der Waals surface area contributed by atoms with E-state index in [1.54, 1.807) is 0 Å². The first-order chi connectivity index (χ1) is 9.97. The Bertz CT molecular complexity index is 582. The van der Waals surface area contributed by atoms with Crippen molar-refractivity contribution in [2.45, 2.75) is 19.1 Å². The van der Waals surface area contributed by atoms with Crippen molar-refractivity contribution in [3.05, 3.63) is 59.1 Å². The quantitative estimate of drug-likeness (QED) is 0.911. The highest BCUT2D eigenvalue weighted by Crippen LogP contribution is 2.27. The number of hydrogen-bond acceptors (Lipinski definition) is 3. The van der Waals surface area contributed by atoms with Crippen molar-refractivity contribution in [1.29, 1.82) is 0 Å². The van der Waals surface area contributed by atoms with Crippen LogP contribution in [0.5, 0.6) is 5.75 Å². The predicted octanol–water partition coefficient (Wildman–Crippen LogP) is 3.87. The zero-order valence-corrected chi connectivity index (χ0v) is 13.3. The van der Waals surface area contributed by atoms with Crippen LogP contribution in [0.4, 0.5) is 5.69 Å². The summed E-state index contributed by atoms with van der Waals surface area (Å²) in [7, 11) is 4.00. The van der Waals surface area contributed by atoms with E-state index < -0.39 is 0 Å². The molecule has 2 unspecified atom stereocenters. The second kappa shape index (κ2) is 6.83. The first-order valence-electron chi connectivity index (χ1n) is 6.92. The molecule has 0 aliphatic heterocycles. The molecule has 0 aliphatic carbocycles. The topological polar surface area (TPSA) is 38.5 Å².